The van der Waals surface area contributed by atoms with Crippen LogP contribution in [0, 0.1) is 0 Å². The molecule has 3 rings (SSSR count). The molecule has 2 N–H and O–H groups in total. The molecule has 0 aliphatic carbocycles. The van der Waals surface area contributed by atoms with Crippen molar-refractivity contribution in [2.45, 2.75) is 11.3 Å². The number of rotatable bonds is 8. The fourth-order valence-corrected chi connectivity index (χ4v) is 3.68. The average Bonchev–Trinajstić information content (AvgIpc) is 2.72. The van der Waals surface area contributed by atoms with Crippen LogP contribution in [-0.4, -0.2) is 31.2 Å². The van der Waals surface area contributed by atoms with Crippen molar-refractivity contribution in [3.05, 3.63) is 66.7 Å². The molecule has 0 bridgehead atoms. The lowest BCUT2D eigenvalue weighted by Gasteiger charge is -2.22. The van der Waals surface area contributed by atoms with Crippen molar-refractivity contribution in [1.82, 2.24) is 0 Å². The largest absolute Gasteiger partial charge is 0.497 e. The minimum absolute atomic E-state index is 0.0791. The van der Waals surface area contributed by atoms with Crippen molar-refractivity contribution in [3.63, 3.8) is 0 Å². The Morgan fingerprint density at radius 1 is 1.00 bits per heavy atom. The molecular formula is C22H22N2O3S. The second kappa shape index (κ2) is 9.28. The highest BCUT2D eigenvalue weighted by atomic mass is 32.2. The van der Waals surface area contributed by atoms with Crippen LogP contribution in [0.4, 0.5) is 5.69 Å². The van der Waals surface area contributed by atoms with Gasteiger partial charge in [-0.3, -0.25) is 9.59 Å². The second-order valence-electron chi connectivity index (χ2n) is 6.26. The maximum atomic E-state index is 12.9. The third-order valence-corrected chi connectivity index (χ3v) is 5.33. The van der Waals surface area contributed by atoms with E-state index in [9.17, 15) is 9.59 Å². The Labute approximate surface area is 168 Å². The van der Waals surface area contributed by atoms with Crippen LogP contribution < -0.4 is 15.4 Å². The molecule has 0 atom stereocenters. The minimum atomic E-state index is -0.437. The maximum absolute atomic E-state index is 12.9. The first-order valence-corrected chi connectivity index (χ1v) is 9.89. The SMILES string of the molecule is COc1ccc(N(CCC(N)=O)C(=O)CSc2ccc3ccccc3c2)cc1. The molecule has 2 amide bonds. The lowest BCUT2D eigenvalue weighted by atomic mass is 10.1. The molecule has 0 fully saturated rings. The van der Waals surface area contributed by atoms with Gasteiger partial charge >= 0.3 is 0 Å². The van der Waals surface area contributed by atoms with Gasteiger partial charge in [0.05, 0.1) is 12.9 Å². The van der Waals surface area contributed by atoms with E-state index in [0.717, 1.165) is 10.3 Å². The number of amides is 2. The van der Waals surface area contributed by atoms with Crippen LogP contribution in [0.15, 0.2) is 71.6 Å². The summed E-state index contributed by atoms with van der Waals surface area (Å²) in [6.45, 7) is 0.249. The van der Waals surface area contributed by atoms with Crippen LogP contribution >= 0.6 is 11.8 Å². The third-order valence-electron chi connectivity index (χ3n) is 4.35. The number of thioether (sulfide) groups is 1. The Hall–Kier alpha value is -2.99. The number of carbonyl (C=O) groups is 2. The van der Waals surface area contributed by atoms with Gasteiger partial charge in [-0.15, -0.1) is 11.8 Å². The average molecular weight is 394 g/mol. The van der Waals surface area contributed by atoms with E-state index in [0.29, 0.717) is 11.4 Å². The quantitative estimate of drug-likeness (QED) is 0.589. The molecule has 0 heterocycles. The zero-order valence-corrected chi connectivity index (χ0v) is 16.4. The second-order valence-corrected chi connectivity index (χ2v) is 7.31. The molecule has 144 valence electrons. The summed E-state index contributed by atoms with van der Waals surface area (Å²) in [5, 5.41) is 2.31. The first-order valence-electron chi connectivity index (χ1n) is 8.91. The number of anilines is 1. The van der Waals surface area contributed by atoms with Crippen molar-refractivity contribution in [2.24, 2.45) is 5.73 Å². The number of ether oxygens (including phenoxy) is 1. The number of nitrogens with zero attached hydrogens (tertiary/aromatic N) is 1. The summed E-state index contributed by atoms with van der Waals surface area (Å²) < 4.78 is 5.17. The molecule has 3 aromatic rings. The zero-order chi connectivity index (χ0) is 19.9. The highest BCUT2D eigenvalue weighted by Gasteiger charge is 2.17. The molecule has 0 spiro atoms. The van der Waals surface area contributed by atoms with Gasteiger partial charge in [0.15, 0.2) is 0 Å². The molecule has 0 unspecified atom stereocenters. The summed E-state index contributed by atoms with van der Waals surface area (Å²) in [4.78, 5) is 26.7. The number of carbonyl (C=O) groups excluding carboxylic acids is 2. The van der Waals surface area contributed by atoms with E-state index < -0.39 is 5.91 Å². The van der Waals surface area contributed by atoms with Crippen molar-refractivity contribution in [3.8, 4) is 5.75 Å². The topological polar surface area (TPSA) is 72.6 Å². The van der Waals surface area contributed by atoms with Crippen molar-refractivity contribution < 1.29 is 14.3 Å². The van der Waals surface area contributed by atoms with Gasteiger partial charge in [0.2, 0.25) is 11.8 Å². The number of hydrogen-bond acceptors (Lipinski definition) is 4. The van der Waals surface area contributed by atoms with Crippen molar-refractivity contribution >= 4 is 40.0 Å². The predicted octanol–water partition coefficient (Wildman–Crippen LogP) is 3.85. The number of methoxy groups -OCH3 is 1. The highest BCUT2D eigenvalue weighted by molar-refractivity contribution is 8.00. The van der Waals surface area contributed by atoms with Crippen LogP contribution in [-0.2, 0) is 9.59 Å². The van der Waals surface area contributed by atoms with Crippen LogP contribution in [0.25, 0.3) is 10.8 Å². The summed E-state index contributed by atoms with van der Waals surface area (Å²) in [6.07, 6.45) is 0.110. The van der Waals surface area contributed by atoms with Gasteiger partial charge in [-0.05, 0) is 47.2 Å². The van der Waals surface area contributed by atoms with Gasteiger partial charge < -0.3 is 15.4 Å². The minimum Gasteiger partial charge on any atom is -0.497 e. The summed E-state index contributed by atoms with van der Waals surface area (Å²) in [7, 11) is 1.59. The van der Waals surface area contributed by atoms with Gasteiger partial charge in [0, 0.05) is 23.5 Å². The summed E-state index contributed by atoms with van der Waals surface area (Å²) in [6, 6.07) is 21.4. The Morgan fingerprint density at radius 2 is 1.71 bits per heavy atom. The van der Waals surface area contributed by atoms with Gasteiger partial charge in [-0.2, -0.15) is 0 Å². The number of benzene rings is 3. The molecule has 0 radical (unpaired) electrons. The Bertz CT molecular complexity index is 973. The van der Waals surface area contributed by atoms with Crippen molar-refractivity contribution in [2.75, 3.05) is 24.3 Å². The maximum Gasteiger partial charge on any atom is 0.237 e. The molecule has 0 saturated heterocycles. The Morgan fingerprint density at radius 3 is 2.39 bits per heavy atom. The van der Waals surface area contributed by atoms with E-state index in [-0.39, 0.29) is 24.6 Å². The first kappa shape index (κ1) is 19.8. The first-order chi connectivity index (χ1) is 13.6. The van der Waals surface area contributed by atoms with Gasteiger partial charge in [0.1, 0.15) is 5.75 Å². The van der Waals surface area contributed by atoms with E-state index in [4.69, 9.17) is 10.5 Å². The molecule has 0 aliphatic heterocycles. The molecule has 28 heavy (non-hydrogen) atoms. The van der Waals surface area contributed by atoms with Crippen LogP contribution in [0.1, 0.15) is 6.42 Å². The van der Waals surface area contributed by atoms with E-state index in [1.165, 1.54) is 17.1 Å². The van der Waals surface area contributed by atoms with Gasteiger partial charge in [-0.25, -0.2) is 0 Å². The predicted molar refractivity (Wildman–Crippen MR) is 114 cm³/mol. The van der Waals surface area contributed by atoms with E-state index in [1.54, 1.807) is 36.3 Å². The lowest BCUT2D eigenvalue weighted by Crippen LogP contribution is -2.35. The van der Waals surface area contributed by atoms with Crippen LogP contribution in [0.2, 0.25) is 0 Å². The Kier molecular flexibility index (Phi) is 6.55. The lowest BCUT2D eigenvalue weighted by molar-refractivity contribution is -0.118. The van der Waals surface area contributed by atoms with Crippen LogP contribution in [0.5, 0.6) is 5.75 Å². The molecule has 5 nitrogen and oxygen atoms in total. The fourth-order valence-electron chi connectivity index (χ4n) is 2.86. The number of primary amides is 1. The van der Waals surface area contributed by atoms with Crippen LogP contribution in [0.3, 0.4) is 0 Å². The van der Waals surface area contributed by atoms with Gasteiger partial charge in [-0.1, -0.05) is 30.3 Å². The van der Waals surface area contributed by atoms with E-state index >= 15 is 0 Å². The number of hydrogen-bond donors (Lipinski definition) is 1. The van der Waals surface area contributed by atoms with E-state index in [1.807, 2.05) is 18.2 Å². The standard InChI is InChI=1S/C22H22N2O3S/c1-27-19-9-7-18(8-10-19)24(13-12-21(23)25)22(26)15-28-20-11-6-16-4-2-3-5-17(16)14-20/h2-11,14H,12-13,15H2,1H3,(H2,23,25). The molecule has 3 aromatic carbocycles. The normalized spacial score (nSPS) is 10.6. The summed E-state index contributed by atoms with van der Waals surface area (Å²) >= 11 is 1.48. The van der Waals surface area contributed by atoms with E-state index in [2.05, 4.69) is 24.3 Å². The summed E-state index contributed by atoms with van der Waals surface area (Å²) in [5.74, 6) is 0.456. The fraction of sp³-hybridized carbons (Fsp3) is 0.182. The molecular weight excluding hydrogens is 372 g/mol. The number of fused-ring (bicyclic) bond motifs is 1. The molecule has 0 aromatic heterocycles. The molecule has 0 saturated carbocycles. The highest BCUT2D eigenvalue weighted by Crippen LogP contribution is 2.25. The zero-order valence-electron chi connectivity index (χ0n) is 15.6. The Balaban J connectivity index is 1.72. The van der Waals surface area contributed by atoms with Crippen molar-refractivity contribution in [1.29, 1.82) is 0 Å². The monoisotopic (exact) mass is 394 g/mol. The molecule has 0 aliphatic rings. The van der Waals surface area contributed by atoms with Gasteiger partial charge in [0.25, 0.3) is 0 Å². The third kappa shape index (κ3) is 5.04. The smallest absolute Gasteiger partial charge is 0.237 e. The number of nitrogens with two attached hydrogens (primary N) is 1. The molecule has 6 heteroatoms. The summed E-state index contributed by atoms with van der Waals surface area (Å²) in [5.41, 5.74) is 5.99.